The van der Waals surface area contributed by atoms with E-state index in [0.717, 1.165) is 25.0 Å². The molecule has 1 rings (SSSR count). The van der Waals surface area contributed by atoms with Crippen molar-refractivity contribution in [3.63, 3.8) is 0 Å². The van der Waals surface area contributed by atoms with Crippen LogP contribution in [0.2, 0.25) is 0 Å². The van der Waals surface area contributed by atoms with Crippen LogP contribution < -0.4 is 10.9 Å². The molecule has 5 nitrogen and oxygen atoms in total. The van der Waals surface area contributed by atoms with E-state index in [-0.39, 0.29) is 24.1 Å². The highest BCUT2D eigenvalue weighted by Gasteiger charge is 2.07. The van der Waals surface area contributed by atoms with Crippen molar-refractivity contribution >= 4 is 5.91 Å². The van der Waals surface area contributed by atoms with Gasteiger partial charge in [-0.15, -0.1) is 0 Å². The van der Waals surface area contributed by atoms with Crippen molar-refractivity contribution in [2.45, 2.75) is 52.6 Å². The number of aromatic nitrogens is 2. The Morgan fingerprint density at radius 1 is 1.50 bits per heavy atom. The summed E-state index contributed by atoms with van der Waals surface area (Å²) in [6.07, 6.45) is 4.05. The molecule has 0 aromatic carbocycles. The zero-order chi connectivity index (χ0) is 13.5. The highest BCUT2D eigenvalue weighted by Crippen LogP contribution is 1.95. The normalized spacial score (nSPS) is 12.2. The van der Waals surface area contributed by atoms with E-state index in [1.54, 1.807) is 0 Å². The van der Waals surface area contributed by atoms with Gasteiger partial charge in [-0.3, -0.25) is 14.2 Å². The van der Waals surface area contributed by atoms with Crippen molar-refractivity contribution < 1.29 is 4.79 Å². The van der Waals surface area contributed by atoms with Crippen LogP contribution in [0.15, 0.2) is 17.2 Å². The summed E-state index contributed by atoms with van der Waals surface area (Å²) in [6.45, 7) is 6.00. The molecule has 1 amide bonds. The molecule has 0 saturated carbocycles. The van der Waals surface area contributed by atoms with E-state index in [0.29, 0.717) is 0 Å². The number of aryl methyl sites for hydroxylation is 1. The van der Waals surface area contributed by atoms with Gasteiger partial charge in [-0.2, -0.15) is 0 Å². The quantitative estimate of drug-likeness (QED) is 0.823. The predicted molar refractivity (Wildman–Crippen MR) is 70.4 cm³/mol. The summed E-state index contributed by atoms with van der Waals surface area (Å²) in [4.78, 5) is 27.6. The largest absolute Gasteiger partial charge is 0.352 e. The van der Waals surface area contributed by atoms with Crippen molar-refractivity contribution in [1.29, 1.82) is 0 Å². The highest BCUT2D eigenvalue weighted by atomic mass is 16.2. The summed E-state index contributed by atoms with van der Waals surface area (Å²) in [7, 11) is 0. The van der Waals surface area contributed by atoms with Gasteiger partial charge in [0.05, 0.1) is 6.33 Å². The topological polar surface area (TPSA) is 64.0 Å². The molecular weight excluding hydrogens is 230 g/mol. The van der Waals surface area contributed by atoms with Crippen molar-refractivity contribution in [1.82, 2.24) is 14.9 Å². The molecule has 0 bridgehead atoms. The van der Waals surface area contributed by atoms with Crippen LogP contribution in [0.1, 0.15) is 39.3 Å². The lowest BCUT2D eigenvalue weighted by atomic mass is 10.2. The van der Waals surface area contributed by atoms with Crippen molar-refractivity contribution in [2.75, 3.05) is 0 Å². The first-order valence-corrected chi connectivity index (χ1v) is 6.41. The van der Waals surface area contributed by atoms with E-state index >= 15 is 0 Å². The molecule has 0 aliphatic rings. The van der Waals surface area contributed by atoms with Gasteiger partial charge in [0.1, 0.15) is 6.54 Å². The van der Waals surface area contributed by atoms with E-state index < -0.39 is 0 Å². The van der Waals surface area contributed by atoms with Crippen LogP contribution in [-0.4, -0.2) is 21.5 Å². The van der Waals surface area contributed by atoms with Crippen LogP contribution >= 0.6 is 0 Å². The van der Waals surface area contributed by atoms with Gasteiger partial charge < -0.3 is 5.32 Å². The SMILES string of the molecule is CCCc1cc(=O)n(CC(=O)N[C@H](C)CC)cn1. The third kappa shape index (κ3) is 4.31. The number of carbonyl (C=O) groups is 1. The second-order valence-corrected chi connectivity index (χ2v) is 4.47. The fraction of sp³-hybridized carbons (Fsp3) is 0.615. The third-order valence-corrected chi connectivity index (χ3v) is 2.78. The maximum Gasteiger partial charge on any atom is 0.253 e. The van der Waals surface area contributed by atoms with Crippen molar-refractivity contribution in [3.8, 4) is 0 Å². The lowest BCUT2D eigenvalue weighted by Gasteiger charge is -2.12. The standard InChI is InChI=1S/C13H21N3O2/c1-4-6-11-7-13(18)16(9-14-11)8-12(17)15-10(3)5-2/h7,9-10H,4-6,8H2,1-3H3,(H,15,17)/t10-/m1/s1. The second-order valence-electron chi connectivity index (χ2n) is 4.47. The molecule has 18 heavy (non-hydrogen) atoms. The molecule has 1 aromatic heterocycles. The molecule has 5 heteroatoms. The van der Waals surface area contributed by atoms with Gasteiger partial charge in [0.15, 0.2) is 0 Å². The van der Waals surface area contributed by atoms with Crippen LogP contribution in [0.4, 0.5) is 0 Å². The molecule has 0 spiro atoms. The summed E-state index contributed by atoms with van der Waals surface area (Å²) in [5.41, 5.74) is 0.605. The molecule has 0 saturated heterocycles. The number of amides is 1. The van der Waals surface area contributed by atoms with Crippen LogP contribution in [0.3, 0.4) is 0 Å². The first-order valence-electron chi connectivity index (χ1n) is 6.41. The van der Waals surface area contributed by atoms with Gasteiger partial charge in [-0.05, 0) is 19.8 Å². The molecule has 0 unspecified atom stereocenters. The van der Waals surface area contributed by atoms with Crippen molar-refractivity contribution in [3.05, 3.63) is 28.4 Å². The number of carbonyl (C=O) groups excluding carboxylic acids is 1. The Labute approximate surface area is 107 Å². The molecule has 100 valence electrons. The Balaban J connectivity index is 2.68. The molecule has 1 aromatic rings. The lowest BCUT2D eigenvalue weighted by Crippen LogP contribution is -2.37. The number of nitrogens with zero attached hydrogens (tertiary/aromatic N) is 2. The van der Waals surface area contributed by atoms with E-state index in [1.807, 2.05) is 20.8 Å². The number of nitrogens with one attached hydrogen (secondary N) is 1. The van der Waals surface area contributed by atoms with Gasteiger partial charge in [0.25, 0.3) is 5.56 Å². The summed E-state index contributed by atoms with van der Waals surface area (Å²) >= 11 is 0. The second kappa shape index (κ2) is 6.93. The zero-order valence-corrected chi connectivity index (χ0v) is 11.3. The van der Waals surface area contributed by atoms with Crippen LogP contribution in [-0.2, 0) is 17.8 Å². The highest BCUT2D eigenvalue weighted by molar-refractivity contribution is 5.75. The van der Waals surface area contributed by atoms with Gasteiger partial charge >= 0.3 is 0 Å². The molecule has 0 aliphatic carbocycles. The average Bonchev–Trinajstić information content (AvgIpc) is 2.33. The minimum Gasteiger partial charge on any atom is -0.352 e. The monoisotopic (exact) mass is 251 g/mol. The van der Waals surface area contributed by atoms with Gasteiger partial charge in [-0.25, -0.2) is 4.98 Å². The summed E-state index contributed by atoms with van der Waals surface area (Å²) < 4.78 is 1.33. The number of hydrogen-bond donors (Lipinski definition) is 1. The predicted octanol–water partition coefficient (Wildman–Crippen LogP) is 1.11. The Kier molecular flexibility index (Phi) is 5.55. The van der Waals surface area contributed by atoms with Crippen LogP contribution in [0, 0.1) is 0 Å². The molecule has 0 fully saturated rings. The summed E-state index contributed by atoms with van der Waals surface area (Å²) in [6, 6.07) is 1.63. The zero-order valence-electron chi connectivity index (χ0n) is 11.3. The minimum atomic E-state index is -0.173. The van der Waals surface area contributed by atoms with E-state index in [4.69, 9.17) is 0 Å². The van der Waals surface area contributed by atoms with E-state index in [9.17, 15) is 9.59 Å². The molecule has 0 aliphatic heterocycles. The minimum absolute atomic E-state index is 0.0303. The fourth-order valence-electron chi connectivity index (χ4n) is 1.55. The van der Waals surface area contributed by atoms with E-state index in [1.165, 1.54) is 17.0 Å². The average molecular weight is 251 g/mol. The lowest BCUT2D eigenvalue weighted by molar-refractivity contribution is -0.122. The summed E-state index contributed by atoms with van der Waals surface area (Å²) in [5.74, 6) is -0.156. The first-order chi connectivity index (χ1) is 8.56. The molecule has 0 radical (unpaired) electrons. The van der Waals surface area contributed by atoms with Gasteiger partial charge in [0.2, 0.25) is 5.91 Å². The Hall–Kier alpha value is -1.65. The first kappa shape index (κ1) is 14.4. The fourth-order valence-corrected chi connectivity index (χ4v) is 1.55. The van der Waals surface area contributed by atoms with Gasteiger partial charge in [-0.1, -0.05) is 20.3 Å². The Morgan fingerprint density at radius 3 is 2.78 bits per heavy atom. The smallest absolute Gasteiger partial charge is 0.253 e. The Bertz CT molecular complexity index is 454. The number of hydrogen-bond acceptors (Lipinski definition) is 3. The number of rotatable bonds is 6. The maximum atomic E-state index is 11.7. The van der Waals surface area contributed by atoms with Crippen LogP contribution in [0.25, 0.3) is 0 Å². The summed E-state index contributed by atoms with van der Waals surface area (Å²) in [5, 5.41) is 2.82. The molecule has 1 atom stereocenters. The van der Waals surface area contributed by atoms with E-state index in [2.05, 4.69) is 10.3 Å². The molecule has 1 N–H and O–H groups in total. The third-order valence-electron chi connectivity index (χ3n) is 2.78. The van der Waals surface area contributed by atoms with Gasteiger partial charge in [0, 0.05) is 17.8 Å². The molecule has 1 heterocycles. The van der Waals surface area contributed by atoms with Crippen molar-refractivity contribution in [2.24, 2.45) is 0 Å². The molecular formula is C13H21N3O2. The van der Waals surface area contributed by atoms with Crippen LogP contribution in [0.5, 0.6) is 0 Å². The Morgan fingerprint density at radius 2 is 2.22 bits per heavy atom. The maximum absolute atomic E-state index is 11.7.